The molecule has 1 fully saturated rings. The first-order valence-electron chi connectivity index (χ1n) is 9.56. The van der Waals surface area contributed by atoms with E-state index >= 15 is 0 Å². The van der Waals surface area contributed by atoms with Crippen molar-refractivity contribution >= 4 is 15.9 Å². The van der Waals surface area contributed by atoms with Gasteiger partial charge in [0.2, 0.25) is 10.0 Å². The van der Waals surface area contributed by atoms with Crippen molar-refractivity contribution in [3.05, 3.63) is 59.7 Å². The van der Waals surface area contributed by atoms with Crippen molar-refractivity contribution in [2.24, 2.45) is 0 Å². The van der Waals surface area contributed by atoms with Crippen molar-refractivity contribution in [1.82, 2.24) is 10.0 Å². The van der Waals surface area contributed by atoms with Crippen LogP contribution in [0.1, 0.15) is 41.7 Å². The zero-order valence-corrected chi connectivity index (χ0v) is 17.4. The van der Waals surface area contributed by atoms with Crippen LogP contribution in [0.3, 0.4) is 0 Å². The quantitative estimate of drug-likeness (QED) is 0.687. The Kier molecular flexibility index (Phi) is 6.89. The predicted octanol–water partition coefficient (Wildman–Crippen LogP) is 2.64. The maximum absolute atomic E-state index is 12.6. The monoisotopic (exact) mass is 418 g/mol. The largest absolute Gasteiger partial charge is 0.496 e. The normalized spacial score (nSPS) is 17.7. The molecule has 1 aliphatic heterocycles. The number of hydrogen-bond acceptors (Lipinski definition) is 5. The van der Waals surface area contributed by atoms with Gasteiger partial charge in [-0.15, -0.1) is 0 Å². The fourth-order valence-corrected chi connectivity index (χ4v) is 4.33. The minimum absolute atomic E-state index is 0.0775. The number of methoxy groups -OCH3 is 1. The highest BCUT2D eigenvalue weighted by molar-refractivity contribution is 7.89. The summed E-state index contributed by atoms with van der Waals surface area (Å²) in [4.78, 5) is 12.7. The zero-order valence-electron chi connectivity index (χ0n) is 16.6. The number of carbonyl (C=O) groups is 1. The molecular formula is C21H26N2O5S. The number of ether oxygens (including phenoxy) is 2. The van der Waals surface area contributed by atoms with Gasteiger partial charge in [0, 0.05) is 24.3 Å². The van der Waals surface area contributed by atoms with Gasteiger partial charge in [-0.1, -0.05) is 18.2 Å². The van der Waals surface area contributed by atoms with E-state index in [1.54, 1.807) is 7.11 Å². The second-order valence-electron chi connectivity index (χ2n) is 6.95. The molecule has 1 saturated heterocycles. The molecule has 7 nitrogen and oxygen atoms in total. The van der Waals surface area contributed by atoms with E-state index in [-0.39, 0.29) is 29.5 Å². The Morgan fingerprint density at radius 2 is 1.93 bits per heavy atom. The van der Waals surface area contributed by atoms with E-state index in [9.17, 15) is 13.2 Å². The first-order chi connectivity index (χ1) is 13.9. The lowest BCUT2D eigenvalue weighted by molar-refractivity contribution is 0.0939. The first kappa shape index (κ1) is 21.3. The molecule has 156 valence electrons. The van der Waals surface area contributed by atoms with Crippen molar-refractivity contribution in [2.45, 2.75) is 36.8 Å². The molecule has 2 aromatic carbocycles. The number of hydrogen-bond donors (Lipinski definition) is 2. The van der Waals surface area contributed by atoms with Gasteiger partial charge in [0.05, 0.1) is 24.2 Å². The maximum atomic E-state index is 12.6. The van der Waals surface area contributed by atoms with Crippen LogP contribution in [0.15, 0.2) is 53.4 Å². The summed E-state index contributed by atoms with van der Waals surface area (Å²) in [6, 6.07) is 13.1. The van der Waals surface area contributed by atoms with Gasteiger partial charge in [0.1, 0.15) is 5.75 Å². The number of rotatable bonds is 8. The van der Waals surface area contributed by atoms with E-state index in [1.165, 1.54) is 24.3 Å². The van der Waals surface area contributed by atoms with E-state index in [2.05, 4.69) is 10.0 Å². The molecule has 1 heterocycles. The van der Waals surface area contributed by atoms with E-state index in [0.717, 1.165) is 18.4 Å². The third kappa shape index (κ3) is 5.35. The molecule has 0 spiro atoms. The van der Waals surface area contributed by atoms with Gasteiger partial charge in [0.25, 0.3) is 5.91 Å². The van der Waals surface area contributed by atoms with Crippen molar-refractivity contribution < 1.29 is 22.7 Å². The third-order valence-corrected chi connectivity index (χ3v) is 6.34. The summed E-state index contributed by atoms with van der Waals surface area (Å²) in [5.74, 6) is 0.402. The fourth-order valence-electron chi connectivity index (χ4n) is 3.26. The van der Waals surface area contributed by atoms with Crippen molar-refractivity contribution in [1.29, 1.82) is 0 Å². The lowest BCUT2D eigenvalue weighted by atomic mass is 10.1. The van der Waals surface area contributed by atoms with Gasteiger partial charge in [-0.05, 0) is 50.1 Å². The predicted molar refractivity (Wildman–Crippen MR) is 109 cm³/mol. The SMILES string of the molecule is COc1ccccc1[C@@H](C)NC(=O)c1ccc(S(=O)(=O)NC[C@H]2CCCO2)cc1. The Morgan fingerprint density at radius 1 is 1.21 bits per heavy atom. The Hall–Kier alpha value is -2.42. The molecule has 0 saturated carbocycles. The number of amides is 1. The first-order valence-corrected chi connectivity index (χ1v) is 11.0. The molecule has 2 N–H and O–H groups in total. The lowest BCUT2D eigenvalue weighted by Gasteiger charge is -2.17. The van der Waals surface area contributed by atoms with Crippen molar-refractivity contribution in [2.75, 3.05) is 20.3 Å². The molecule has 0 aliphatic carbocycles. The molecule has 0 bridgehead atoms. The number of sulfonamides is 1. The highest BCUT2D eigenvalue weighted by Crippen LogP contribution is 2.24. The standard InChI is InChI=1S/C21H26N2O5S/c1-15(19-7-3-4-8-20(19)27-2)23-21(24)16-9-11-18(12-10-16)29(25,26)22-14-17-6-5-13-28-17/h3-4,7-12,15,17,22H,5-6,13-14H2,1-2H3,(H,23,24)/t15-,17-/m1/s1. The summed E-state index contributed by atoms with van der Waals surface area (Å²) in [6.45, 7) is 2.79. The number of nitrogens with one attached hydrogen (secondary N) is 2. The average Bonchev–Trinajstić information content (AvgIpc) is 3.26. The van der Waals surface area contributed by atoms with Crippen LogP contribution in [0.25, 0.3) is 0 Å². The molecule has 3 rings (SSSR count). The Balaban J connectivity index is 1.63. The van der Waals surface area contributed by atoms with Crippen LogP contribution in [0.2, 0.25) is 0 Å². The van der Waals surface area contributed by atoms with Crippen LogP contribution in [0.5, 0.6) is 5.75 Å². The molecule has 2 atom stereocenters. The summed E-state index contributed by atoms with van der Waals surface area (Å²) in [7, 11) is -2.06. The van der Waals surface area contributed by atoms with Crippen LogP contribution < -0.4 is 14.8 Å². The molecule has 29 heavy (non-hydrogen) atoms. The second kappa shape index (κ2) is 9.39. The van der Waals surface area contributed by atoms with E-state index in [1.807, 2.05) is 31.2 Å². The maximum Gasteiger partial charge on any atom is 0.251 e. The van der Waals surface area contributed by atoms with Crippen LogP contribution >= 0.6 is 0 Å². The number of carbonyl (C=O) groups excluding carboxylic acids is 1. The van der Waals surface area contributed by atoms with Gasteiger partial charge in [-0.3, -0.25) is 4.79 Å². The molecule has 1 aliphatic rings. The smallest absolute Gasteiger partial charge is 0.251 e. The highest BCUT2D eigenvalue weighted by atomic mass is 32.2. The van der Waals surface area contributed by atoms with Crippen LogP contribution in [0, 0.1) is 0 Å². The molecule has 2 aromatic rings. The summed E-state index contributed by atoms with van der Waals surface area (Å²) >= 11 is 0. The minimum atomic E-state index is -3.64. The summed E-state index contributed by atoms with van der Waals surface area (Å²) in [6.07, 6.45) is 1.72. The number of benzene rings is 2. The summed E-state index contributed by atoms with van der Waals surface area (Å²) in [5.41, 5.74) is 1.24. The molecule has 0 aromatic heterocycles. The molecule has 0 radical (unpaired) electrons. The molecule has 1 amide bonds. The highest BCUT2D eigenvalue weighted by Gasteiger charge is 2.21. The van der Waals surface area contributed by atoms with Gasteiger partial charge >= 0.3 is 0 Å². The van der Waals surface area contributed by atoms with E-state index in [4.69, 9.17) is 9.47 Å². The fraction of sp³-hybridized carbons (Fsp3) is 0.381. The third-order valence-electron chi connectivity index (χ3n) is 4.90. The van der Waals surface area contributed by atoms with Crippen LogP contribution in [0.4, 0.5) is 0 Å². The van der Waals surface area contributed by atoms with E-state index in [0.29, 0.717) is 17.9 Å². The van der Waals surface area contributed by atoms with Gasteiger partial charge in [-0.25, -0.2) is 13.1 Å². The van der Waals surface area contributed by atoms with E-state index < -0.39 is 10.0 Å². The summed E-state index contributed by atoms with van der Waals surface area (Å²) < 4.78 is 38.2. The Morgan fingerprint density at radius 3 is 2.59 bits per heavy atom. The molecular weight excluding hydrogens is 392 g/mol. The lowest BCUT2D eigenvalue weighted by Crippen LogP contribution is -2.32. The molecule has 8 heteroatoms. The van der Waals surface area contributed by atoms with Crippen molar-refractivity contribution in [3.8, 4) is 5.75 Å². The Labute approximate surface area is 171 Å². The van der Waals surface area contributed by atoms with Crippen LogP contribution in [-0.4, -0.2) is 40.7 Å². The average molecular weight is 419 g/mol. The zero-order chi connectivity index (χ0) is 20.9. The van der Waals surface area contributed by atoms with Gasteiger partial charge in [-0.2, -0.15) is 0 Å². The van der Waals surface area contributed by atoms with Gasteiger partial charge < -0.3 is 14.8 Å². The Bertz CT molecular complexity index is 938. The van der Waals surface area contributed by atoms with Crippen LogP contribution in [-0.2, 0) is 14.8 Å². The second-order valence-corrected chi connectivity index (χ2v) is 8.72. The topological polar surface area (TPSA) is 93.7 Å². The number of para-hydroxylation sites is 1. The van der Waals surface area contributed by atoms with Crippen molar-refractivity contribution in [3.63, 3.8) is 0 Å². The minimum Gasteiger partial charge on any atom is -0.496 e. The summed E-state index contributed by atoms with van der Waals surface area (Å²) in [5, 5.41) is 2.91. The molecule has 0 unspecified atom stereocenters. The van der Waals surface area contributed by atoms with Gasteiger partial charge in [0.15, 0.2) is 0 Å².